The first-order chi connectivity index (χ1) is 8.66. The number of rotatable bonds is 5. The molecule has 2 rings (SSSR count). The van der Waals surface area contributed by atoms with Crippen LogP contribution < -0.4 is 5.32 Å². The number of hydrogen-bond donors (Lipinski definition) is 1. The van der Waals surface area contributed by atoms with E-state index in [0.29, 0.717) is 0 Å². The van der Waals surface area contributed by atoms with Crippen LogP contribution in [0.4, 0.5) is 0 Å². The molecular weight excluding hydrogens is 218 g/mol. The van der Waals surface area contributed by atoms with Crippen molar-refractivity contribution in [2.45, 2.75) is 65.7 Å². The Bertz CT molecular complexity index is 230. The van der Waals surface area contributed by atoms with Crippen LogP contribution in [0.15, 0.2) is 0 Å². The van der Waals surface area contributed by atoms with Crippen molar-refractivity contribution in [3.63, 3.8) is 0 Å². The van der Waals surface area contributed by atoms with Crippen LogP contribution in [0, 0.1) is 29.6 Å². The maximum absolute atomic E-state index is 3.72. The van der Waals surface area contributed by atoms with E-state index in [9.17, 15) is 0 Å². The van der Waals surface area contributed by atoms with Gasteiger partial charge in [-0.2, -0.15) is 0 Å². The van der Waals surface area contributed by atoms with Gasteiger partial charge in [0.05, 0.1) is 0 Å². The summed E-state index contributed by atoms with van der Waals surface area (Å²) in [5, 5.41) is 3.72. The maximum atomic E-state index is 3.72. The molecule has 0 heterocycles. The number of hydrogen-bond acceptors (Lipinski definition) is 1. The zero-order valence-corrected chi connectivity index (χ0v) is 12.8. The molecule has 0 aromatic carbocycles. The Hall–Kier alpha value is -0.0400. The molecule has 0 radical (unpaired) electrons. The van der Waals surface area contributed by atoms with Crippen LogP contribution in [0.1, 0.15) is 65.7 Å². The van der Waals surface area contributed by atoms with E-state index in [1.165, 1.54) is 58.0 Å². The molecule has 0 spiro atoms. The molecule has 3 unspecified atom stereocenters. The Labute approximate surface area is 114 Å². The smallest absolute Gasteiger partial charge is 0.00176 e. The molecule has 2 aliphatic carbocycles. The zero-order valence-electron chi connectivity index (χ0n) is 12.8. The van der Waals surface area contributed by atoms with Gasteiger partial charge in [-0.1, -0.05) is 52.9 Å². The SMILES string of the molecule is CC(C)CNCC1CCC(C)CC1C1CCCC1. The molecular formula is C17H33N. The average Bonchev–Trinajstić information content (AvgIpc) is 2.84. The molecule has 0 aromatic rings. The van der Waals surface area contributed by atoms with Gasteiger partial charge in [0.25, 0.3) is 0 Å². The second-order valence-electron chi connectivity index (χ2n) is 7.44. The Balaban J connectivity index is 1.84. The molecule has 0 aliphatic heterocycles. The molecule has 0 bridgehead atoms. The number of nitrogens with one attached hydrogen (secondary N) is 1. The highest BCUT2D eigenvalue weighted by Gasteiger charge is 2.35. The summed E-state index contributed by atoms with van der Waals surface area (Å²) < 4.78 is 0. The van der Waals surface area contributed by atoms with Crippen LogP contribution >= 0.6 is 0 Å². The van der Waals surface area contributed by atoms with Crippen LogP contribution in [-0.4, -0.2) is 13.1 Å². The molecule has 1 heteroatoms. The van der Waals surface area contributed by atoms with E-state index in [0.717, 1.165) is 29.6 Å². The normalized spacial score (nSPS) is 34.3. The van der Waals surface area contributed by atoms with E-state index in [1.807, 2.05) is 0 Å². The summed E-state index contributed by atoms with van der Waals surface area (Å²) in [6.07, 6.45) is 10.5. The Morgan fingerprint density at radius 2 is 1.78 bits per heavy atom. The molecule has 106 valence electrons. The summed E-state index contributed by atoms with van der Waals surface area (Å²) in [4.78, 5) is 0. The van der Waals surface area contributed by atoms with E-state index < -0.39 is 0 Å². The minimum absolute atomic E-state index is 0.789. The van der Waals surface area contributed by atoms with Gasteiger partial charge in [-0.15, -0.1) is 0 Å². The lowest BCUT2D eigenvalue weighted by Crippen LogP contribution is -2.36. The fourth-order valence-electron chi connectivity index (χ4n) is 4.26. The van der Waals surface area contributed by atoms with Crippen molar-refractivity contribution in [3.05, 3.63) is 0 Å². The molecule has 3 atom stereocenters. The Morgan fingerprint density at radius 3 is 2.44 bits per heavy atom. The second-order valence-corrected chi connectivity index (χ2v) is 7.44. The van der Waals surface area contributed by atoms with Gasteiger partial charge >= 0.3 is 0 Å². The van der Waals surface area contributed by atoms with Gasteiger partial charge in [0.1, 0.15) is 0 Å². The van der Waals surface area contributed by atoms with Crippen LogP contribution in [0.25, 0.3) is 0 Å². The minimum atomic E-state index is 0.789. The predicted octanol–water partition coefficient (Wildman–Crippen LogP) is 4.47. The third-order valence-corrected chi connectivity index (χ3v) is 5.27. The Morgan fingerprint density at radius 1 is 1.06 bits per heavy atom. The molecule has 1 nitrogen and oxygen atoms in total. The molecule has 0 saturated heterocycles. The van der Waals surface area contributed by atoms with Crippen LogP contribution in [0.3, 0.4) is 0 Å². The fourth-order valence-corrected chi connectivity index (χ4v) is 4.26. The van der Waals surface area contributed by atoms with E-state index in [2.05, 4.69) is 26.1 Å². The lowest BCUT2D eigenvalue weighted by Gasteiger charge is -2.39. The lowest BCUT2D eigenvalue weighted by molar-refractivity contribution is 0.126. The molecule has 1 N–H and O–H groups in total. The maximum Gasteiger partial charge on any atom is -0.00176 e. The van der Waals surface area contributed by atoms with Gasteiger partial charge in [-0.25, -0.2) is 0 Å². The predicted molar refractivity (Wildman–Crippen MR) is 79.7 cm³/mol. The standard InChI is InChI=1S/C17H33N/c1-13(2)11-18-12-16-9-8-14(3)10-17(16)15-6-4-5-7-15/h13-18H,4-12H2,1-3H3. The highest BCUT2D eigenvalue weighted by atomic mass is 14.9. The van der Waals surface area contributed by atoms with Gasteiger partial charge in [0.15, 0.2) is 0 Å². The quantitative estimate of drug-likeness (QED) is 0.760. The second kappa shape index (κ2) is 6.93. The summed E-state index contributed by atoms with van der Waals surface area (Å²) in [6.45, 7) is 9.57. The van der Waals surface area contributed by atoms with E-state index in [4.69, 9.17) is 0 Å². The molecule has 0 aromatic heterocycles. The van der Waals surface area contributed by atoms with Crippen molar-refractivity contribution >= 4 is 0 Å². The lowest BCUT2D eigenvalue weighted by atomic mass is 9.68. The molecule has 0 amide bonds. The van der Waals surface area contributed by atoms with Crippen molar-refractivity contribution in [3.8, 4) is 0 Å². The van der Waals surface area contributed by atoms with Crippen molar-refractivity contribution < 1.29 is 0 Å². The van der Waals surface area contributed by atoms with E-state index in [-0.39, 0.29) is 0 Å². The summed E-state index contributed by atoms with van der Waals surface area (Å²) in [5.74, 6) is 4.85. The van der Waals surface area contributed by atoms with Crippen LogP contribution in [0.5, 0.6) is 0 Å². The van der Waals surface area contributed by atoms with Gasteiger partial charge in [-0.05, 0) is 55.5 Å². The highest BCUT2D eigenvalue weighted by Crippen LogP contribution is 2.43. The fraction of sp³-hybridized carbons (Fsp3) is 1.00. The third kappa shape index (κ3) is 3.98. The molecule has 2 saturated carbocycles. The molecule has 18 heavy (non-hydrogen) atoms. The minimum Gasteiger partial charge on any atom is -0.316 e. The molecule has 2 fully saturated rings. The van der Waals surface area contributed by atoms with Crippen LogP contribution in [0.2, 0.25) is 0 Å². The van der Waals surface area contributed by atoms with Crippen molar-refractivity contribution in [1.82, 2.24) is 5.32 Å². The van der Waals surface area contributed by atoms with E-state index >= 15 is 0 Å². The van der Waals surface area contributed by atoms with Crippen LogP contribution in [-0.2, 0) is 0 Å². The summed E-state index contributed by atoms with van der Waals surface area (Å²) in [7, 11) is 0. The summed E-state index contributed by atoms with van der Waals surface area (Å²) in [6, 6.07) is 0. The first kappa shape index (κ1) is 14.4. The largest absolute Gasteiger partial charge is 0.316 e. The van der Waals surface area contributed by atoms with E-state index in [1.54, 1.807) is 0 Å². The van der Waals surface area contributed by atoms with Crippen molar-refractivity contribution in [1.29, 1.82) is 0 Å². The monoisotopic (exact) mass is 251 g/mol. The first-order valence-electron chi connectivity index (χ1n) is 8.37. The first-order valence-corrected chi connectivity index (χ1v) is 8.37. The van der Waals surface area contributed by atoms with Gasteiger partial charge in [0.2, 0.25) is 0 Å². The summed E-state index contributed by atoms with van der Waals surface area (Å²) >= 11 is 0. The molecule has 2 aliphatic rings. The van der Waals surface area contributed by atoms with Gasteiger partial charge in [0, 0.05) is 0 Å². The Kier molecular flexibility index (Phi) is 5.54. The van der Waals surface area contributed by atoms with Gasteiger partial charge < -0.3 is 5.32 Å². The van der Waals surface area contributed by atoms with Crippen molar-refractivity contribution in [2.24, 2.45) is 29.6 Å². The van der Waals surface area contributed by atoms with Gasteiger partial charge in [-0.3, -0.25) is 0 Å². The van der Waals surface area contributed by atoms with Crippen molar-refractivity contribution in [2.75, 3.05) is 13.1 Å². The average molecular weight is 251 g/mol. The topological polar surface area (TPSA) is 12.0 Å². The third-order valence-electron chi connectivity index (χ3n) is 5.27. The highest BCUT2D eigenvalue weighted by molar-refractivity contribution is 4.86. The zero-order chi connectivity index (χ0) is 13.0. The summed E-state index contributed by atoms with van der Waals surface area (Å²) in [5.41, 5.74) is 0.